The van der Waals surface area contributed by atoms with E-state index >= 15 is 0 Å². The predicted molar refractivity (Wildman–Crippen MR) is 174 cm³/mol. The maximum absolute atomic E-state index is 6.31. The summed E-state index contributed by atoms with van der Waals surface area (Å²) in [5, 5.41) is 3.02. The Morgan fingerprint density at radius 3 is 2.18 bits per heavy atom. The predicted octanol–water partition coefficient (Wildman–Crippen LogP) is 8.88. The zero-order chi connectivity index (χ0) is 29.3. The third-order valence-electron chi connectivity index (χ3n) is 7.50. The molecule has 9 aromatic rings. The first-order valence-electron chi connectivity index (χ1n) is 14.2. The molecule has 0 aliphatic rings. The van der Waals surface area contributed by atoms with Gasteiger partial charge < -0.3 is 14.4 Å². The maximum Gasteiger partial charge on any atom is 0.216 e. The molecular weight excluding hydrogens is 735 g/mol. The first kappa shape index (κ1) is 28.3. The van der Waals surface area contributed by atoms with Crippen molar-refractivity contribution in [2.75, 3.05) is 0 Å². The van der Waals surface area contributed by atoms with Gasteiger partial charge in [0.05, 0.1) is 16.6 Å². The summed E-state index contributed by atoms with van der Waals surface area (Å²) in [7, 11) is 0. The summed E-state index contributed by atoms with van der Waals surface area (Å²) in [5.41, 5.74) is 8.78. The molecular formula is C38H23IrN5O-2. The third kappa shape index (κ3) is 5.29. The number of rotatable bonds is 3. The smallest absolute Gasteiger partial charge is 0.216 e. The van der Waals surface area contributed by atoms with Crippen LogP contribution in [0.25, 0.3) is 72.2 Å². The molecule has 0 spiro atoms. The summed E-state index contributed by atoms with van der Waals surface area (Å²) >= 11 is 0. The molecule has 217 valence electrons. The molecule has 0 saturated carbocycles. The molecule has 1 radical (unpaired) electrons. The zero-order valence-electron chi connectivity index (χ0n) is 23.8. The van der Waals surface area contributed by atoms with Crippen LogP contribution in [-0.4, -0.2) is 24.5 Å². The second kappa shape index (κ2) is 12.2. The van der Waals surface area contributed by atoms with Gasteiger partial charge in [-0.25, -0.2) is 9.97 Å². The maximum atomic E-state index is 6.31. The first-order valence-corrected chi connectivity index (χ1v) is 14.2. The van der Waals surface area contributed by atoms with Crippen LogP contribution in [0.15, 0.2) is 144 Å². The molecule has 0 bridgehead atoms. The Balaban J connectivity index is 0.000000211. The van der Waals surface area contributed by atoms with Crippen molar-refractivity contribution in [1.29, 1.82) is 0 Å². The second-order valence-corrected chi connectivity index (χ2v) is 10.2. The molecule has 0 fully saturated rings. The van der Waals surface area contributed by atoms with E-state index in [1.54, 1.807) is 12.4 Å². The van der Waals surface area contributed by atoms with Gasteiger partial charge in [-0.05, 0) is 47.8 Å². The number of para-hydroxylation sites is 1. The molecule has 0 aliphatic carbocycles. The van der Waals surface area contributed by atoms with E-state index in [1.807, 2.05) is 103 Å². The molecule has 0 N–H and O–H groups in total. The van der Waals surface area contributed by atoms with Crippen LogP contribution in [0.1, 0.15) is 0 Å². The number of pyridine rings is 3. The summed E-state index contributed by atoms with van der Waals surface area (Å²) in [4.78, 5) is 18.3. The van der Waals surface area contributed by atoms with Crippen molar-refractivity contribution in [2.45, 2.75) is 0 Å². The van der Waals surface area contributed by atoms with Crippen LogP contribution in [-0.2, 0) is 20.1 Å². The number of aromatic nitrogens is 5. The fraction of sp³-hybridized carbons (Fsp3) is 0. The van der Waals surface area contributed by atoms with E-state index in [0.717, 1.165) is 66.5 Å². The number of imidazole rings is 1. The molecule has 7 heteroatoms. The first-order chi connectivity index (χ1) is 21.8. The Labute approximate surface area is 272 Å². The Kier molecular flexibility index (Phi) is 7.70. The fourth-order valence-corrected chi connectivity index (χ4v) is 5.45. The standard InChI is InChI=1S/C27H15N4O.C11H8N.Ir/c1-2-7-18(8-3-1)31-16-29-23-13-12-17-15-21-19-9-6-10-20(22-11-4-5-14-28-22)26(19)32-27(21)30-24(17)25(23)31;1-2-6-10(7-3-1)11-8-4-5-9-12-11;/h1-9,11-16H;1-6,8-9H;/q2*-1;. The molecule has 4 aromatic carbocycles. The van der Waals surface area contributed by atoms with Crippen LogP contribution in [0.5, 0.6) is 0 Å². The number of benzene rings is 4. The SMILES string of the molecule is [Ir].[c-]1ccc2c(oc3nc4c(ccc5ncn(-c6ccccc6)c54)cc32)c1-c1ccccn1.[c-]1ccccc1-c1ccccn1. The van der Waals surface area contributed by atoms with E-state index in [0.29, 0.717) is 5.71 Å². The van der Waals surface area contributed by atoms with Crippen molar-refractivity contribution in [3.05, 3.63) is 152 Å². The Morgan fingerprint density at radius 2 is 1.42 bits per heavy atom. The topological polar surface area (TPSA) is 69.6 Å². The largest absolute Gasteiger partial charge is 0.486 e. The minimum atomic E-state index is 0. The van der Waals surface area contributed by atoms with Gasteiger partial charge in [0, 0.05) is 49.0 Å². The molecule has 6 nitrogen and oxygen atoms in total. The normalized spacial score (nSPS) is 10.9. The molecule has 5 aromatic heterocycles. The average Bonchev–Trinajstić information content (AvgIpc) is 3.71. The van der Waals surface area contributed by atoms with E-state index in [4.69, 9.17) is 9.40 Å². The van der Waals surface area contributed by atoms with Crippen LogP contribution >= 0.6 is 0 Å². The van der Waals surface area contributed by atoms with Crippen LogP contribution in [0.3, 0.4) is 0 Å². The zero-order valence-corrected chi connectivity index (χ0v) is 26.2. The van der Waals surface area contributed by atoms with Gasteiger partial charge in [-0.15, -0.1) is 54.1 Å². The van der Waals surface area contributed by atoms with Gasteiger partial charge in [-0.2, -0.15) is 0 Å². The van der Waals surface area contributed by atoms with E-state index in [-0.39, 0.29) is 20.1 Å². The van der Waals surface area contributed by atoms with E-state index < -0.39 is 0 Å². The summed E-state index contributed by atoms with van der Waals surface area (Å²) in [6.45, 7) is 0. The fourth-order valence-electron chi connectivity index (χ4n) is 5.45. The Bertz CT molecular complexity index is 2340. The van der Waals surface area contributed by atoms with Crippen molar-refractivity contribution in [3.8, 4) is 28.2 Å². The number of furan rings is 1. The molecule has 5 heterocycles. The van der Waals surface area contributed by atoms with E-state index in [2.05, 4.69) is 55.9 Å². The number of fused-ring (bicyclic) bond motifs is 6. The van der Waals surface area contributed by atoms with Crippen LogP contribution in [0, 0.1) is 12.1 Å². The molecule has 9 rings (SSSR count). The second-order valence-electron chi connectivity index (χ2n) is 10.2. The van der Waals surface area contributed by atoms with Gasteiger partial charge in [-0.1, -0.05) is 59.5 Å². The average molecular weight is 758 g/mol. The van der Waals surface area contributed by atoms with E-state index in [9.17, 15) is 0 Å². The molecule has 45 heavy (non-hydrogen) atoms. The van der Waals surface area contributed by atoms with E-state index in [1.165, 1.54) is 0 Å². The molecule has 0 amide bonds. The van der Waals surface area contributed by atoms with Gasteiger partial charge >= 0.3 is 0 Å². The summed E-state index contributed by atoms with van der Waals surface area (Å²) in [5.74, 6) is 0. The van der Waals surface area contributed by atoms with Crippen LogP contribution < -0.4 is 0 Å². The molecule has 0 aliphatic heterocycles. The van der Waals surface area contributed by atoms with Gasteiger partial charge in [-0.3, -0.25) is 4.57 Å². The van der Waals surface area contributed by atoms with Crippen molar-refractivity contribution in [2.24, 2.45) is 0 Å². The van der Waals surface area contributed by atoms with Gasteiger partial charge in [0.25, 0.3) is 0 Å². The Morgan fingerprint density at radius 1 is 0.644 bits per heavy atom. The van der Waals surface area contributed by atoms with Gasteiger partial charge in [0.1, 0.15) is 11.8 Å². The van der Waals surface area contributed by atoms with Gasteiger partial charge in [0.2, 0.25) is 5.71 Å². The number of hydrogen-bond acceptors (Lipinski definition) is 5. The van der Waals surface area contributed by atoms with Crippen molar-refractivity contribution >= 4 is 44.0 Å². The summed E-state index contributed by atoms with van der Waals surface area (Å²) in [6, 6.07) is 46.3. The Hall–Kier alpha value is -5.49. The van der Waals surface area contributed by atoms with Crippen molar-refractivity contribution < 1.29 is 24.5 Å². The summed E-state index contributed by atoms with van der Waals surface area (Å²) < 4.78 is 8.38. The third-order valence-corrected chi connectivity index (χ3v) is 7.50. The quantitative estimate of drug-likeness (QED) is 0.169. The van der Waals surface area contributed by atoms with Crippen molar-refractivity contribution in [3.63, 3.8) is 0 Å². The number of hydrogen-bond donors (Lipinski definition) is 0. The molecule has 0 saturated heterocycles. The van der Waals surface area contributed by atoms with Crippen LogP contribution in [0.4, 0.5) is 0 Å². The summed E-state index contributed by atoms with van der Waals surface area (Å²) in [6.07, 6.45) is 5.41. The van der Waals surface area contributed by atoms with Crippen molar-refractivity contribution in [1.82, 2.24) is 24.5 Å². The molecule has 0 atom stereocenters. The molecule has 0 unspecified atom stereocenters. The minimum absolute atomic E-state index is 0. The van der Waals surface area contributed by atoms with Crippen LogP contribution in [0.2, 0.25) is 0 Å². The minimum Gasteiger partial charge on any atom is -0.486 e. The van der Waals surface area contributed by atoms with Gasteiger partial charge in [0.15, 0.2) is 0 Å². The monoisotopic (exact) mass is 758 g/mol. The number of nitrogens with zero attached hydrogens (tertiary/aromatic N) is 5.